The molecule has 2 rings (SSSR count). The predicted molar refractivity (Wildman–Crippen MR) is 111 cm³/mol. The summed E-state index contributed by atoms with van der Waals surface area (Å²) in [5, 5.41) is 17.3. The minimum Gasteiger partial charge on any atom is -0.387 e. The number of aliphatic hydroxyl groups is 1. The first kappa shape index (κ1) is 22.9. The molecular weight excluding hydrogens is 360 g/mol. The van der Waals surface area contributed by atoms with E-state index in [0.717, 1.165) is 78.1 Å². The van der Waals surface area contributed by atoms with Crippen molar-refractivity contribution in [3.05, 3.63) is 0 Å². The van der Waals surface area contributed by atoms with Crippen LogP contribution in [0.5, 0.6) is 0 Å². The third kappa shape index (κ3) is 8.30. The summed E-state index contributed by atoms with van der Waals surface area (Å²) in [4.78, 5) is 22.5. The molecule has 28 heavy (non-hydrogen) atoms. The van der Waals surface area contributed by atoms with Crippen LogP contribution in [0.4, 0.5) is 0 Å². The van der Waals surface area contributed by atoms with E-state index in [-0.39, 0.29) is 5.91 Å². The maximum atomic E-state index is 11.4. The van der Waals surface area contributed by atoms with E-state index in [1.165, 1.54) is 0 Å². The van der Waals surface area contributed by atoms with Crippen LogP contribution >= 0.6 is 0 Å². The molecule has 2 aliphatic heterocycles. The lowest BCUT2D eigenvalue weighted by Crippen LogP contribution is -2.50. The lowest BCUT2D eigenvalue weighted by atomic mass is 10.1. The van der Waals surface area contributed by atoms with Gasteiger partial charge in [-0.25, -0.2) is 0 Å². The van der Waals surface area contributed by atoms with Crippen molar-refractivity contribution < 1.29 is 14.6 Å². The lowest BCUT2D eigenvalue weighted by Gasteiger charge is -2.34. The highest BCUT2D eigenvalue weighted by Gasteiger charge is 2.25. The van der Waals surface area contributed by atoms with Gasteiger partial charge in [-0.1, -0.05) is 0 Å². The number of hydrogen-bond acceptors (Lipinski definition) is 6. The van der Waals surface area contributed by atoms with Gasteiger partial charge in [0.25, 0.3) is 0 Å². The summed E-state index contributed by atoms with van der Waals surface area (Å²) in [5.74, 6) is 0.885. The van der Waals surface area contributed by atoms with Gasteiger partial charge in [0.05, 0.1) is 25.4 Å². The molecule has 3 N–H and O–H groups in total. The Balaban J connectivity index is 1.73. The average Bonchev–Trinajstić information content (AvgIpc) is 2.67. The van der Waals surface area contributed by atoms with E-state index in [4.69, 9.17) is 4.74 Å². The zero-order valence-corrected chi connectivity index (χ0v) is 17.7. The van der Waals surface area contributed by atoms with Crippen LogP contribution < -0.4 is 10.6 Å². The number of guanidine groups is 1. The Labute approximate surface area is 169 Å². The summed E-state index contributed by atoms with van der Waals surface area (Å²) < 4.78 is 5.36. The number of ether oxygens (including phenoxy) is 1. The van der Waals surface area contributed by atoms with Crippen LogP contribution in [0, 0.1) is 0 Å². The number of nitrogens with one attached hydrogen (secondary N) is 2. The molecule has 9 nitrogen and oxygen atoms in total. The Morgan fingerprint density at radius 1 is 1.11 bits per heavy atom. The molecule has 0 spiro atoms. The summed E-state index contributed by atoms with van der Waals surface area (Å²) in [6, 6.07) is 0. The van der Waals surface area contributed by atoms with Crippen molar-refractivity contribution in [2.24, 2.45) is 4.99 Å². The maximum absolute atomic E-state index is 11.4. The average molecular weight is 399 g/mol. The second-order valence-electron chi connectivity index (χ2n) is 7.86. The number of carbonyl (C=O) groups is 1. The number of nitrogens with zero attached hydrogens (tertiary/aromatic N) is 4. The maximum Gasteiger partial charge on any atom is 0.219 e. The minimum absolute atomic E-state index is 0.156. The Kier molecular flexibility index (Phi) is 9.43. The molecule has 2 aliphatic rings. The number of morpholine rings is 1. The standard InChI is InChI=1S/C19H38N6O3/c1-4-20-18(21-5-6-23-7-9-25(10-8-23)17(2)26)22-15-19(3,27)16-24-11-13-28-14-12-24/h27H,4-16H2,1-3H3,(H2,20,21,22). The fourth-order valence-corrected chi connectivity index (χ4v) is 3.50. The second kappa shape index (κ2) is 11.5. The van der Waals surface area contributed by atoms with Gasteiger partial charge >= 0.3 is 0 Å². The van der Waals surface area contributed by atoms with Crippen molar-refractivity contribution in [3.63, 3.8) is 0 Å². The SMILES string of the molecule is CCNC(=NCC(C)(O)CN1CCOCC1)NCCN1CCN(C(C)=O)CC1. The zero-order valence-electron chi connectivity index (χ0n) is 17.7. The van der Waals surface area contributed by atoms with E-state index in [2.05, 4.69) is 25.4 Å². The first-order valence-corrected chi connectivity index (χ1v) is 10.4. The number of β-amino-alcohol motifs (C(OH)–C–C–N with tert-alkyl or cyclic N) is 1. The van der Waals surface area contributed by atoms with Gasteiger partial charge in [0, 0.05) is 72.4 Å². The summed E-state index contributed by atoms with van der Waals surface area (Å²) in [6.07, 6.45) is 0. The number of piperazine rings is 1. The number of carbonyl (C=O) groups excluding carboxylic acids is 1. The largest absolute Gasteiger partial charge is 0.387 e. The molecule has 0 aromatic carbocycles. The van der Waals surface area contributed by atoms with Crippen molar-refractivity contribution in [2.75, 3.05) is 85.2 Å². The molecule has 0 aliphatic carbocycles. The van der Waals surface area contributed by atoms with E-state index in [1.807, 2.05) is 18.7 Å². The molecule has 2 saturated heterocycles. The molecule has 0 saturated carbocycles. The minimum atomic E-state index is -0.872. The molecule has 0 aromatic rings. The molecule has 0 radical (unpaired) electrons. The molecule has 2 heterocycles. The third-order valence-corrected chi connectivity index (χ3v) is 5.13. The fraction of sp³-hybridized carbons (Fsp3) is 0.895. The van der Waals surface area contributed by atoms with Crippen LogP contribution in [0.3, 0.4) is 0 Å². The normalized spacial score (nSPS) is 22.0. The van der Waals surface area contributed by atoms with E-state index in [9.17, 15) is 9.90 Å². The Morgan fingerprint density at radius 2 is 1.79 bits per heavy atom. The molecule has 0 aromatic heterocycles. The van der Waals surface area contributed by atoms with Crippen molar-refractivity contribution in [2.45, 2.75) is 26.4 Å². The molecule has 1 unspecified atom stereocenters. The Morgan fingerprint density at radius 3 is 2.39 bits per heavy atom. The zero-order chi connectivity index (χ0) is 20.4. The number of rotatable bonds is 8. The van der Waals surface area contributed by atoms with Crippen molar-refractivity contribution in [1.29, 1.82) is 0 Å². The summed E-state index contributed by atoms with van der Waals surface area (Å²) in [6.45, 7) is 15.5. The smallest absolute Gasteiger partial charge is 0.219 e. The fourth-order valence-electron chi connectivity index (χ4n) is 3.50. The third-order valence-electron chi connectivity index (χ3n) is 5.13. The van der Waals surface area contributed by atoms with Crippen LogP contribution in [0.1, 0.15) is 20.8 Å². The van der Waals surface area contributed by atoms with Crippen LogP contribution in [-0.4, -0.2) is 122 Å². The molecule has 1 amide bonds. The van der Waals surface area contributed by atoms with Gasteiger partial charge in [-0.3, -0.25) is 19.6 Å². The van der Waals surface area contributed by atoms with Gasteiger partial charge in [0.2, 0.25) is 5.91 Å². The van der Waals surface area contributed by atoms with E-state index in [0.29, 0.717) is 13.1 Å². The van der Waals surface area contributed by atoms with Gasteiger partial charge in [-0.05, 0) is 13.8 Å². The first-order valence-electron chi connectivity index (χ1n) is 10.4. The van der Waals surface area contributed by atoms with Crippen LogP contribution in [-0.2, 0) is 9.53 Å². The van der Waals surface area contributed by atoms with Gasteiger partial charge in [0.1, 0.15) is 0 Å². The van der Waals surface area contributed by atoms with Gasteiger partial charge in [-0.2, -0.15) is 0 Å². The van der Waals surface area contributed by atoms with Crippen molar-refractivity contribution >= 4 is 11.9 Å². The monoisotopic (exact) mass is 398 g/mol. The highest BCUT2D eigenvalue weighted by Crippen LogP contribution is 2.09. The van der Waals surface area contributed by atoms with E-state index in [1.54, 1.807) is 6.92 Å². The molecule has 0 bridgehead atoms. The molecule has 9 heteroatoms. The van der Waals surface area contributed by atoms with E-state index < -0.39 is 5.60 Å². The number of hydrogen-bond donors (Lipinski definition) is 3. The molecular formula is C19H38N6O3. The summed E-state index contributed by atoms with van der Waals surface area (Å²) >= 11 is 0. The molecule has 2 fully saturated rings. The second-order valence-corrected chi connectivity index (χ2v) is 7.86. The Hall–Kier alpha value is -1.42. The summed E-state index contributed by atoms with van der Waals surface area (Å²) in [7, 11) is 0. The summed E-state index contributed by atoms with van der Waals surface area (Å²) in [5.41, 5.74) is -0.872. The first-order chi connectivity index (χ1) is 13.4. The molecule has 1 atom stereocenters. The highest BCUT2D eigenvalue weighted by molar-refractivity contribution is 5.79. The van der Waals surface area contributed by atoms with Crippen LogP contribution in [0.25, 0.3) is 0 Å². The van der Waals surface area contributed by atoms with Gasteiger partial charge in [0.15, 0.2) is 5.96 Å². The topological polar surface area (TPSA) is 92.7 Å². The van der Waals surface area contributed by atoms with Gasteiger partial charge in [-0.15, -0.1) is 0 Å². The Bertz CT molecular complexity index is 500. The van der Waals surface area contributed by atoms with Gasteiger partial charge < -0.3 is 25.4 Å². The van der Waals surface area contributed by atoms with E-state index >= 15 is 0 Å². The lowest BCUT2D eigenvalue weighted by molar-refractivity contribution is -0.130. The van der Waals surface area contributed by atoms with Crippen LogP contribution in [0.15, 0.2) is 4.99 Å². The van der Waals surface area contributed by atoms with Crippen molar-refractivity contribution in [3.8, 4) is 0 Å². The quantitative estimate of drug-likeness (QED) is 0.349. The number of amides is 1. The van der Waals surface area contributed by atoms with Crippen molar-refractivity contribution in [1.82, 2.24) is 25.3 Å². The highest BCUT2D eigenvalue weighted by atomic mass is 16.5. The number of aliphatic imine (C=N–C) groups is 1. The van der Waals surface area contributed by atoms with Crippen LogP contribution in [0.2, 0.25) is 0 Å². The predicted octanol–water partition coefficient (Wildman–Crippen LogP) is -1.21. The molecule has 162 valence electrons.